The van der Waals surface area contributed by atoms with Gasteiger partial charge in [-0.2, -0.15) is 0 Å². The Morgan fingerprint density at radius 1 is 0.217 bits per heavy atom. The Bertz CT molecular complexity index is 3750. The lowest BCUT2D eigenvalue weighted by Crippen LogP contribution is -2.28. The molecule has 11 aromatic carbocycles. The molecule has 4 aliphatic rings. The molecule has 0 aliphatic heterocycles. The van der Waals surface area contributed by atoms with Crippen molar-refractivity contribution < 1.29 is 0 Å². The number of hydrogen-bond acceptors (Lipinski definition) is 1. The van der Waals surface area contributed by atoms with Gasteiger partial charge in [0.25, 0.3) is 0 Å². The van der Waals surface area contributed by atoms with E-state index < -0.39 is 10.8 Å². The zero-order valence-electron chi connectivity index (χ0n) is 37.8. The highest BCUT2D eigenvalue weighted by Crippen LogP contribution is 2.67. The SMILES string of the molecule is c1ccc(-c2cc(-c3ccccc3)cc(N(c3ccc4c(c3)-c3ccccc3C43c4ccccc4-c4ccccc43)c3cccc4c3C3(c5ccccc5-c5ccccc53)c3ccccc3-4)c2)cc1. The van der Waals surface area contributed by atoms with Crippen LogP contribution in [0, 0.1) is 0 Å². The molecular formula is C68H43N. The summed E-state index contributed by atoms with van der Waals surface area (Å²) >= 11 is 0. The fourth-order valence-corrected chi connectivity index (χ4v) is 13.3. The van der Waals surface area contributed by atoms with Gasteiger partial charge in [0.2, 0.25) is 0 Å². The first kappa shape index (κ1) is 38.3. The minimum Gasteiger partial charge on any atom is -0.310 e. The maximum atomic E-state index is 2.60. The van der Waals surface area contributed by atoms with Crippen LogP contribution >= 0.6 is 0 Å². The van der Waals surface area contributed by atoms with Crippen LogP contribution in [-0.4, -0.2) is 0 Å². The molecule has 320 valence electrons. The number of anilines is 3. The summed E-state index contributed by atoms with van der Waals surface area (Å²) in [5, 5.41) is 0. The maximum absolute atomic E-state index is 2.60. The van der Waals surface area contributed by atoms with Gasteiger partial charge in [0, 0.05) is 16.9 Å². The van der Waals surface area contributed by atoms with E-state index in [2.05, 4.69) is 266 Å². The molecule has 2 spiro atoms. The van der Waals surface area contributed by atoms with Crippen LogP contribution in [0.5, 0.6) is 0 Å². The topological polar surface area (TPSA) is 3.24 Å². The molecule has 0 saturated heterocycles. The summed E-state index contributed by atoms with van der Waals surface area (Å²) in [7, 11) is 0. The molecule has 1 nitrogen and oxygen atoms in total. The molecule has 0 radical (unpaired) electrons. The Kier molecular flexibility index (Phi) is 7.98. The second-order valence-corrected chi connectivity index (χ2v) is 19.0. The smallest absolute Gasteiger partial charge is 0.0746 e. The van der Waals surface area contributed by atoms with E-state index in [0.29, 0.717) is 0 Å². The van der Waals surface area contributed by atoms with Gasteiger partial charge in [-0.1, -0.05) is 224 Å². The molecule has 0 N–H and O–H groups in total. The van der Waals surface area contributed by atoms with E-state index in [1.807, 2.05) is 0 Å². The van der Waals surface area contributed by atoms with Gasteiger partial charge in [-0.05, 0) is 142 Å². The van der Waals surface area contributed by atoms with Crippen molar-refractivity contribution >= 4 is 17.1 Å². The highest BCUT2D eigenvalue weighted by molar-refractivity contribution is 6.02. The van der Waals surface area contributed by atoms with Gasteiger partial charge < -0.3 is 4.90 Å². The van der Waals surface area contributed by atoms with Crippen molar-refractivity contribution in [1.29, 1.82) is 0 Å². The second kappa shape index (κ2) is 14.4. The lowest BCUT2D eigenvalue weighted by Gasteiger charge is -2.36. The van der Waals surface area contributed by atoms with Crippen LogP contribution in [-0.2, 0) is 10.8 Å². The maximum Gasteiger partial charge on any atom is 0.0746 e. The molecule has 0 heterocycles. The zero-order valence-corrected chi connectivity index (χ0v) is 37.8. The monoisotopic (exact) mass is 873 g/mol. The molecule has 0 unspecified atom stereocenters. The van der Waals surface area contributed by atoms with E-state index in [1.165, 1.54) is 111 Å². The van der Waals surface area contributed by atoms with Gasteiger partial charge in [0.1, 0.15) is 0 Å². The van der Waals surface area contributed by atoms with Gasteiger partial charge in [-0.15, -0.1) is 0 Å². The van der Waals surface area contributed by atoms with Crippen molar-refractivity contribution in [2.45, 2.75) is 10.8 Å². The van der Waals surface area contributed by atoms with Crippen molar-refractivity contribution in [3.63, 3.8) is 0 Å². The first-order valence-corrected chi connectivity index (χ1v) is 24.2. The number of nitrogens with zero attached hydrogens (tertiary/aromatic N) is 1. The molecule has 15 rings (SSSR count). The van der Waals surface area contributed by atoms with Crippen LogP contribution < -0.4 is 4.90 Å². The van der Waals surface area contributed by atoms with Gasteiger partial charge in [0.15, 0.2) is 0 Å². The number of hydrogen-bond donors (Lipinski definition) is 0. The molecule has 0 fully saturated rings. The van der Waals surface area contributed by atoms with Crippen LogP contribution in [0.15, 0.2) is 261 Å². The third-order valence-electron chi connectivity index (χ3n) is 15.9. The van der Waals surface area contributed by atoms with Crippen molar-refractivity contribution in [2.24, 2.45) is 0 Å². The van der Waals surface area contributed by atoms with E-state index in [9.17, 15) is 0 Å². The average Bonchev–Trinajstić information content (AvgIpc) is 4.11. The Labute approximate surface area is 402 Å². The largest absolute Gasteiger partial charge is 0.310 e. The van der Waals surface area contributed by atoms with Crippen LogP contribution in [0.25, 0.3) is 66.8 Å². The molecule has 0 bridgehead atoms. The summed E-state index contributed by atoms with van der Waals surface area (Å²) in [6.45, 7) is 0. The molecule has 1 heteroatoms. The van der Waals surface area contributed by atoms with E-state index >= 15 is 0 Å². The molecule has 0 saturated carbocycles. The highest BCUT2D eigenvalue weighted by Gasteiger charge is 2.54. The van der Waals surface area contributed by atoms with Crippen molar-refractivity contribution in [3.05, 3.63) is 305 Å². The van der Waals surface area contributed by atoms with Gasteiger partial charge >= 0.3 is 0 Å². The van der Waals surface area contributed by atoms with Crippen LogP contribution in [0.3, 0.4) is 0 Å². The van der Waals surface area contributed by atoms with Crippen molar-refractivity contribution in [3.8, 4) is 66.8 Å². The Hall–Kier alpha value is -8.78. The van der Waals surface area contributed by atoms with E-state index in [0.717, 1.165) is 17.1 Å². The Morgan fingerprint density at radius 3 is 1.04 bits per heavy atom. The van der Waals surface area contributed by atoms with Crippen molar-refractivity contribution in [1.82, 2.24) is 0 Å². The highest BCUT2D eigenvalue weighted by atomic mass is 15.1. The third-order valence-corrected chi connectivity index (χ3v) is 15.9. The predicted molar refractivity (Wildman–Crippen MR) is 285 cm³/mol. The molecule has 11 aromatic rings. The van der Waals surface area contributed by atoms with Crippen LogP contribution in [0.1, 0.15) is 44.5 Å². The van der Waals surface area contributed by atoms with Gasteiger partial charge in [0.05, 0.1) is 16.5 Å². The van der Waals surface area contributed by atoms with Crippen molar-refractivity contribution in [2.75, 3.05) is 4.90 Å². The van der Waals surface area contributed by atoms with Gasteiger partial charge in [-0.3, -0.25) is 0 Å². The number of fused-ring (bicyclic) bond motifs is 20. The first-order valence-electron chi connectivity index (χ1n) is 24.2. The van der Waals surface area contributed by atoms with E-state index in [1.54, 1.807) is 0 Å². The Morgan fingerprint density at radius 2 is 0.580 bits per heavy atom. The average molecular weight is 874 g/mol. The molecule has 4 aliphatic carbocycles. The third kappa shape index (κ3) is 5.04. The summed E-state index contributed by atoms with van der Waals surface area (Å²) in [5.41, 5.74) is 28.1. The standard InChI is InChI=1S/C68H43N/c1-3-20-44(21-4-1)46-40-47(45-22-5-2-6-23-45)42-49(41-46)69(48-38-39-64-57(43-48)55-29-12-15-33-60(55)67(64)58-31-13-7-24-50(58)51-25-8-14-32-59(51)67)65-37-19-30-56-54-28-11-18-36-63(54)68(66(56)65)61-34-16-9-26-52(61)53-27-10-17-35-62(53)68/h1-43H. The number of benzene rings is 11. The molecular weight excluding hydrogens is 831 g/mol. The van der Waals surface area contributed by atoms with E-state index in [-0.39, 0.29) is 0 Å². The predicted octanol–water partition coefficient (Wildman–Crippen LogP) is 17.2. The quantitative estimate of drug-likeness (QED) is 0.167. The second-order valence-electron chi connectivity index (χ2n) is 19.0. The minimum atomic E-state index is -0.558. The van der Waals surface area contributed by atoms with Gasteiger partial charge in [-0.25, -0.2) is 0 Å². The lowest BCUT2D eigenvalue weighted by molar-refractivity contribution is 0.791. The summed E-state index contributed by atoms with van der Waals surface area (Å²) in [4.78, 5) is 2.60. The summed E-state index contributed by atoms with van der Waals surface area (Å²) in [5.74, 6) is 0. The zero-order chi connectivity index (χ0) is 45.3. The molecule has 0 aromatic heterocycles. The van der Waals surface area contributed by atoms with Crippen LogP contribution in [0.2, 0.25) is 0 Å². The summed E-state index contributed by atoms with van der Waals surface area (Å²) in [6, 6.07) is 98.1. The normalized spacial score (nSPS) is 14.0. The number of rotatable bonds is 5. The van der Waals surface area contributed by atoms with E-state index in [4.69, 9.17) is 0 Å². The fourth-order valence-electron chi connectivity index (χ4n) is 13.3. The lowest BCUT2D eigenvalue weighted by atomic mass is 9.70. The summed E-state index contributed by atoms with van der Waals surface area (Å²) in [6.07, 6.45) is 0. The first-order chi connectivity index (χ1) is 34.2. The molecule has 69 heavy (non-hydrogen) atoms. The minimum absolute atomic E-state index is 0.437. The van der Waals surface area contributed by atoms with Crippen LogP contribution in [0.4, 0.5) is 17.1 Å². The fraction of sp³-hybridized carbons (Fsp3) is 0.0294. The molecule has 0 atom stereocenters. The Balaban J connectivity index is 1.06. The molecule has 0 amide bonds. The summed E-state index contributed by atoms with van der Waals surface area (Å²) < 4.78 is 0.